The molecular formula is C25H37ClN6O2. The molecule has 2 aromatic heterocycles. The highest BCUT2D eigenvalue weighted by molar-refractivity contribution is 6.33. The molecule has 0 bridgehead atoms. The van der Waals surface area contributed by atoms with Gasteiger partial charge in [-0.25, -0.2) is 9.97 Å². The highest BCUT2D eigenvalue weighted by Crippen LogP contribution is 2.30. The number of hydrogen-bond acceptors (Lipinski definition) is 8. The smallest absolute Gasteiger partial charge is 0.126 e. The summed E-state index contributed by atoms with van der Waals surface area (Å²) in [7, 11) is 0. The zero-order valence-electron chi connectivity index (χ0n) is 19.9. The summed E-state index contributed by atoms with van der Waals surface area (Å²) in [4.78, 5) is 9.29. The number of ether oxygens (including phenoxy) is 1. The molecule has 8 nitrogen and oxygen atoms in total. The number of pyridine rings is 2. The van der Waals surface area contributed by atoms with E-state index in [9.17, 15) is 5.11 Å². The van der Waals surface area contributed by atoms with Crippen LogP contribution in [-0.4, -0.2) is 65.1 Å². The lowest BCUT2D eigenvalue weighted by Gasteiger charge is -2.33. The molecule has 1 aliphatic heterocycles. The number of nitrogens with zero attached hydrogens (tertiary/aromatic N) is 2. The SMILES string of the molecule is C[C@H](O)CN[C@H]1CC[C@H](Nc2cc(-c3cccc(NCC4(N)CCOCC4)n3)c(Cl)cn2)CC1. The fraction of sp³-hybridized carbons (Fsp3) is 0.600. The monoisotopic (exact) mass is 488 g/mol. The van der Waals surface area contributed by atoms with E-state index in [0.29, 0.717) is 43.4 Å². The first-order valence-electron chi connectivity index (χ1n) is 12.3. The van der Waals surface area contributed by atoms with Gasteiger partial charge in [-0.1, -0.05) is 17.7 Å². The molecule has 9 heteroatoms. The summed E-state index contributed by atoms with van der Waals surface area (Å²) in [6, 6.07) is 8.70. The minimum atomic E-state index is -0.312. The Kier molecular flexibility index (Phi) is 8.60. The predicted octanol–water partition coefficient (Wildman–Crippen LogP) is 3.41. The van der Waals surface area contributed by atoms with Crippen LogP contribution in [0, 0.1) is 0 Å². The zero-order valence-corrected chi connectivity index (χ0v) is 20.7. The van der Waals surface area contributed by atoms with Gasteiger partial charge >= 0.3 is 0 Å². The molecule has 2 aromatic rings. The maximum absolute atomic E-state index is 9.48. The Balaban J connectivity index is 1.37. The second-order valence-corrected chi connectivity index (χ2v) is 10.1. The van der Waals surface area contributed by atoms with Gasteiger partial charge in [-0.05, 0) is 63.6 Å². The molecule has 6 N–H and O–H groups in total. The summed E-state index contributed by atoms with van der Waals surface area (Å²) in [5, 5.41) is 20.5. The van der Waals surface area contributed by atoms with E-state index in [1.807, 2.05) is 31.2 Å². The maximum atomic E-state index is 9.48. The van der Waals surface area contributed by atoms with Gasteiger partial charge in [0.05, 0.1) is 16.8 Å². The first-order chi connectivity index (χ1) is 16.4. The van der Waals surface area contributed by atoms with Gasteiger partial charge in [0.25, 0.3) is 0 Å². The van der Waals surface area contributed by atoms with Gasteiger partial charge in [0.2, 0.25) is 0 Å². The topological polar surface area (TPSA) is 117 Å². The second kappa shape index (κ2) is 11.6. The number of aliphatic hydroxyl groups excluding tert-OH is 1. The van der Waals surface area contributed by atoms with Crippen LogP contribution in [0.25, 0.3) is 11.3 Å². The Morgan fingerprint density at radius 2 is 1.91 bits per heavy atom. The average molecular weight is 489 g/mol. The number of anilines is 2. The highest BCUT2D eigenvalue weighted by Gasteiger charge is 2.28. The van der Waals surface area contributed by atoms with Crippen molar-refractivity contribution in [2.75, 3.05) is 36.9 Å². The standard InChI is InChI=1S/C25H37ClN6O2/c1-17(33)14-28-18-5-7-19(8-6-18)31-24-13-20(21(26)15-29-24)22-3-2-4-23(32-22)30-16-25(27)9-11-34-12-10-25/h2-4,13,15,17-19,28,33H,5-12,14,16,27H2,1H3,(H,29,31)(H,30,32)/t17-,18-,19-/m0/s1. The van der Waals surface area contributed by atoms with Crippen molar-refractivity contribution in [2.45, 2.75) is 69.2 Å². The fourth-order valence-electron chi connectivity index (χ4n) is 4.61. The third-order valence-corrected chi connectivity index (χ3v) is 7.07. The number of hydrogen-bond donors (Lipinski definition) is 5. The van der Waals surface area contributed by atoms with Crippen molar-refractivity contribution in [1.82, 2.24) is 15.3 Å². The van der Waals surface area contributed by atoms with Crippen LogP contribution < -0.4 is 21.7 Å². The molecule has 1 saturated heterocycles. The molecule has 186 valence electrons. The molecular weight excluding hydrogens is 452 g/mol. The third-order valence-electron chi connectivity index (χ3n) is 6.77. The molecule has 1 saturated carbocycles. The maximum Gasteiger partial charge on any atom is 0.126 e. The summed E-state index contributed by atoms with van der Waals surface area (Å²) in [6.45, 7) is 4.51. The average Bonchev–Trinajstić information content (AvgIpc) is 2.84. The van der Waals surface area contributed by atoms with Crippen LogP contribution in [0.5, 0.6) is 0 Å². The number of rotatable bonds is 9. The quantitative estimate of drug-likeness (QED) is 0.364. The van der Waals surface area contributed by atoms with Gasteiger partial charge in [-0.3, -0.25) is 0 Å². The number of nitrogens with two attached hydrogens (primary N) is 1. The van der Waals surface area contributed by atoms with Crippen LogP contribution in [0.1, 0.15) is 45.4 Å². The molecule has 4 rings (SSSR count). The van der Waals surface area contributed by atoms with E-state index in [0.717, 1.165) is 61.4 Å². The molecule has 34 heavy (non-hydrogen) atoms. The van der Waals surface area contributed by atoms with Crippen LogP contribution in [0.15, 0.2) is 30.5 Å². The van der Waals surface area contributed by atoms with Gasteiger partial charge < -0.3 is 31.5 Å². The molecule has 3 heterocycles. The van der Waals surface area contributed by atoms with Crippen LogP contribution in [-0.2, 0) is 4.74 Å². The highest BCUT2D eigenvalue weighted by atomic mass is 35.5. The lowest BCUT2D eigenvalue weighted by atomic mass is 9.91. The normalized spacial score (nSPS) is 23.3. The largest absolute Gasteiger partial charge is 0.392 e. The van der Waals surface area contributed by atoms with Gasteiger partial charge in [0, 0.05) is 55.7 Å². The Hall–Kier alpha value is -1.97. The lowest BCUT2D eigenvalue weighted by molar-refractivity contribution is 0.0574. The first kappa shape index (κ1) is 25.1. The Morgan fingerprint density at radius 1 is 1.18 bits per heavy atom. The van der Waals surface area contributed by atoms with Crippen LogP contribution in [0.4, 0.5) is 11.6 Å². The van der Waals surface area contributed by atoms with Gasteiger partial charge in [-0.2, -0.15) is 0 Å². The second-order valence-electron chi connectivity index (χ2n) is 9.74. The zero-order chi connectivity index (χ0) is 24.0. The first-order valence-corrected chi connectivity index (χ1v) is 12.7. The van der Waals surface area contributed by atoms with E-state index in [-0.39, 0.29) is 11.6 Å². The van der Waals surface area contributed by atoms with Crippen molar-refractivity contribution in [3.05, 3.63) is 35.5 Å². The molecule has 2 aliphatic rings. The molecule has 0 unspecified atom stereocenters. The predicted molar refractivity (Wildman–Crippen MR) is 137 cm³/mol. The summed E-state index contributed by atoms with van der Waals surface area (Å²) < 4.78 is 5.44. The van der Waals surface area contributed by atoms with Crippen molar-refractivity contribution in [3.63, 3.8) is 0 Å². The van der Waals surface area contributed by atoms with Gasteiger partial charge in [0.15, 0.2) is 0 Å². The molecule has 0 spiro atoms. The molecule has 1 aliphatic carbocycles. The molecule has 0 amide bonds. The Labute approximate surface area is 207 Å². The lowest BCUT2D eigenvalue weighted by Crippen LogP contribution is -2.50. The third kappa shape index (κ3) is 7.02. The van der Waals surface area contributed by atoms with Crippen LogP contribution in [0.2, 0.25) is 5.02 Å². The summed E-state index contributed by atoms with van der Waals surface area (Å²) in [5.74, 6) is 1.59. The van der Waals surface area contributed by atoms with Crippen molar-refractivity contribution in [3.8, 4) is 11.3 Å². The van der Waals surface area contributed by atoms with E-state index in [1.165, 1.54) is 0 Å². The minimum Gasteiger partial charge on any atom is -0.392 e. The number of nitrogens with one attached hydrogen (secondary N) is 3. The summed E-state index contributed by atoms with van der Waals surface area (Å²) >= 11 is 6.51. The molecule has 0 aromatic carbocycles. The van der Waals surface area contributed by atoms with E-state index >= 15 is 0 Å². The van der Waals surface area contributed by atoms with Crippen LogP contribution >= 0.6 is 11.6 Å². The summed E-state index contributed by atoms with van der Waals surface area (Å²) in [5.41, 5.74) is 7.88. The Bertz CT molecular complexity index is 929. The van der Waals surface area contributed by atoms with E-state index < -0.39 is 0 Å². The van der Waals surface area contributed by atoms with Crippen LogP contribution in [0.3, 0.4) is 0 Å². The van der Waals surface area contributed by atoms with E-state index in [4.69, 9.17) is 27.1 Å². The molecule has 0 radical (unpaired) electrons. The van der Waals surface area contributed by atoms with Gasteiger partial charge in [0.1, 0.15) is 11.6 Å². The van der Waals surface area contributed by atoms with Gasteiger partial charge in [-0.15, -0.1) is 0 Å². The number of aliphatic hydroxyl groups is 1. The Morgan fingerprint density at radius 3 is 2.65 bits per heavy atom. The van der Waals surface area contributed by atoms with Crippen molar-refractivity contribution in [1.29, 1.82) is 0 Å². The number of aromatic nitrogens is 2. The van der Waals surface area contributed by atoms with Crippen molar-refractivity contribution < 1.29 is 9.84 Å². The van der Waals surface area contributed by atoms with E-state index in [1.54, 1.807) is 6.20 Å². The van der Waals surface area contributed by atoms with E-state index in [2.05, 4.69) is 20.9 Å². The molecule has 2 fully saturated rings. The number of halogens is 1. The minimum absolute atomic E-state index is 0.272. The molecule has 1 atom stereocenters. The summed E-state index contributed by atoms with van der Waals surface area (Å²) in [6.07, 6.45) is 7.32. The van der Waals surface area contributed by atoms with Crippen molar-refractivity contribution in [2.24, 2.45) is 5.73 Å². The van der Waals surface area contributed by atoms with Crippen molar-refractivity contribution >= 4 is 23.2 Å². The fourth-order valence-corrected chi connectivity index (χ4v) is 4.81.